The van der Waals surface area contributed by atoms with Crippen LogP contribution in [-0.4, -0.2) is 201 Å². The number of β-amino-alcohol motifs (C(OH)–C–C–N with tert-alkyl or cyclic N) is 1. The molecule has 2 aliphatic carbocycles. The molecule has 5 aliphatic rings. The fourth-order valence-electron chi connectivity index (χ4n) is 12.0. The molecule has 27 heteroatoms. The first-order chi connectivity index (χ1) is 40.6. The summed E-state index contributed by atoms with van der Waals surface area (Å²) in [5.74, 6) is -9.45. The van der Waals surface area contributed by atoms with Crippen molar-refractivity contribution in [1.29, 1.82) is 0 Å². The van der Waals surface area contributed by atoms with Crippen molar-refractivity contribution < 1.29 is 92.8 Å². The zero-order valence-electron chi connectivity index (χ0n) is 49.7. The van der Waals surface area contributed by atoms with Crippen LogP contribution in [0.1, 0.15) is 149 Å². The Morgan fingerprint density at radius 2 is 1.43 bits per heavy atom. The number of benzene rings is 2. The molecule has 2 aromatic rings. The second kappa shape index (κ2) is 28.1. The number of nitrogens with zero attached hydrogens (tertiary/aromatic N) is 1. The summed E-state index contributed by atoms with van der Waals surface area (Å²) in [6, 6.07) is -2.14. The molecule has 86 heavy (non-hydrogen) atoms. The number of rotatable bonds is 24. The number of aliphatic hydroxyl groups excluding tert-OH is 3. The largest absolute Gasteiger partial charge is 0.507 e. The molecule has 7 amide bonds. The molecule has 0 unspecified atom stereocenters. The lowest BCUT2D eigenvalue weighted by Gasteiger charge is -2.43. The van der Waals surface area contributed by atoms with E-state index in [4.69, 9.17) is 14.2 Å². The number of aromatic hydroxyl groups is 2. The maximum absolute atomic E-state index is 14.4. The predicted molar refractivity (Wildman–Crippen MR) is 303 cm³/mol. The van der Waals surface area contributed by atoms with Crippen LogP contribution < -0.4 is 42.0 Å². The molecular weight excluding hydrogens is 1120 g/mol. The number of nitrogens with one attached hydrogen (secondary N) is 7. The van der Waals surface area contributed by atoms with Crippen LogP contribution in [0.3, 0.4) is 0 Å². The van der Waals surface area contributed by atoms with Crippen LogP contribution in [0.5, 0.6) is 17.2 Å². The van der Waals surface area contributed by atoms with Gasteiger partial charge in [0.2, 0.25) is 47.1 Å². The Kier molecular flexibility index (Phi) is 21.7. The molecule has 3 aliphatic heterocycles. The molecule has 472 valence electrons. The highest BCUT2D eigenvalue weighted by Crippen LogP contribution is 2.52. The zero-order valence-corrected chi connectivity index (χ0v) is 49.7. The van der Waals surface area contributed by atoms with E-state index in [0.29, 0.717) is 12.8 Å². The maximum atomic E-state index is 14.4. The summed E-state index contributed by atoms with van der Waals surface area (Å²) >= 11 is 0. The molecule has 0 saturated carbocycles. The van der Waals surface area contributed by atoms with E-state index in [1.54, 1.807) is 27.7 Å². The van der Waals surface area contributed by atoms with Gasteiger partial charge in [0.1, 0.15) is 59.7 Å². The number of ether oxygens (including phenoxy) is 3. The number of Topliss-reactive ketones (excluding diaryl/α,β-unsaturated/α-hetero) is 1. The van der Waals surface area contributed by atoms with Gasteiger partial charge >= 0.3 is 0 Å². The van der Waals surface area contributed by atoms with Crippen molar-refractivity contribution in [2.75, 3.05) is 39.9 Å². The quantitative estimate of drug-likeness (QED) is 0.0464. The van der Waals surface area contributed by atoms with E-state index in [2.05, 4.69) is 37.2 Å². The number of carbonyl (C=O) groups excluding carboxylic acids is 10. The third kappa shape index (κ3) is 15.0. The van der Waals surface area contributed by atoms with E-state index >= 15 is 0 Å². The van der Waals surface area contributed by atoms with Crippen LogP contribution in [0.2, 0.25) is 0 Å². The van der Waals surface area contributed by atoms with Crippen molar-refractivity contribution in [2.24, 2.45) is 17.8 Å². The van der Waals surface area contributed by atoms with Gasteiger partial charge in [0.05, 0.1) is 67.3 Å². The van der Waals surface area contributed by atoms with Gasteiger partial charge in [-0.05, 0) is 69.3 Å². The van der Waals surface area contributed by atoms with Gasteiger partial charge in [0.15, 0.2) is 17.9 Å². The number of carbonyl (C=O) groups is 10. The van der Waals surface area contributed by atoms with Gasteiger partial charge in [-0.3, -0.25) is 47.9 Å². The van der Waals surface area contributed by atoms with Gasteiger partial charge < -0.3 is 87.0 Å². The van der Waals surface area contributed by atoms with Gasteiger partial charge in [-0.25, -0.2) is 0 Å². The Hall–Kier alpha value is -7.14. The molecule has 13 N–H and O–H groups in total. The summed E-state index contributed by atoms with van der Waals surface area (Å²) in [7, 11) is 1.28. The highest BCUT2D eigenvalue weighted by Gasteiger charge is 2.51. The summed E-state index contributed by atoms with van der Waals surface area (Å²) in [6.07, 6.45) is -6.57. The minimum atomic E-state index is -2.45. The Morgan fingerprint density at radius 3 is 2.05 bits per heavy atom. The number of ketones is 3. The molecular formula is C59H82N8O19. The van der Waals surface area contributed by atoms with Crippen molar-refractivity contribution in [2.45, 2.75) is 179 Å². The van der Waals surface area contributed by atoms with Crippen molar-refractivity contribution in [3.05, 3.63) is 51.6 Å². The average molecular weight is 1210 g/mol. The molecule has 7 rings (SSSR count). The molecule has 0 radical (unpaired) electrons. The number of amides is 7. The van der Waals surface area contributed by atoms with E-state index in [9.17, 15) is 78.6 Å². The second-order valence-electron chi connectivity index (χ2n) is 24.3. The van der Waals surface area contributed by atoms with Gasteiger partial charge in [-0.15, -0.1) is 0 Å². The Labute approximate surface area is 497 Å². The van der Waals surface area contributed by atoms with Crippen molar-refractivity contribution in [3.8, 4) is 17.2 Å². The Morgan fingerprint density at radius 1 is 0.791 bits per heavy atom. The van der Waals surface area contributed by atoms with Gasteiger partial charge in [-0.1, -0.05) is 53.7 Å². The standard InChI is InChI=1S/C59H82N8O19/c1-26(2)15-35(66-58(82)38-12-10-14-67(38)43(72)24-62-54(78)34-18-30(69)22-60-34)55(79)61-23-42(71)63-36(16-27(3)4)56(80)65-37(17-28(5)6)57(81)64-33-19-44(85-29(7)49(33)73)86-40-21-59(83,41(70)25-68)20-32-46(40)53(77)48-47(51(32)75)50(74)31-11-9-13-39(84-8)45(31)52(48)76/h9,11,13,26-30,33-38,40,44,49,60,68-69,73,75,77,83H,10,12,14-25H2,1-8H3,(H,61,79)(H,62,78)(H,63,71)(H,64,81)(H,65,80)(H,66,82)/t29-,30+,33-,34-,35-,36-,37-,38-,40-,44-,49+,59-/m0/s1. The first kappa shape index (κ1) is 66.4. The number of aliphatic hydroxyl groups is 4. The lowest BCUT2D eigenvalue weighted by Crippen LogP contribution is -2.60. The minimum absolute atomic E-state index is 0.0102. The average Bonchev–Trinajstić information content (AvgIpc) is 0.811. The normalized spacial score (nSPS) is 25.3. The lowest BCUT2D eigenvalue weighted by molar-refractivity contribution is -0.249. The lowest BCUT2D eigenvalue weighted by atomic mass is 9.72. The Balaban J connectivity index is 1.01. The van der Waals surface area contributed by atoms with Crippen LogP contribution in [0.15, 0.2) is 18.2 Å². The van der Waals surface area contributed by atoms with Crippen molar-refractivity contribution >= 4 is 58.7 Å². The van der Waals surface area contributed by atoms with Crippen LogP contribution in [0, 0.1) is 17.8 Å². The fourth-order valence-corrected chi connectivity index (χ4v) is 12.0. The summed E-state index contributed by atoms with van der Waals surface area (Å²) in [5, 5.41) is 85.6. The summed E-state index contributed by atoms with van der Waals surface area (Å²) in [6.45, 7) is 10.7. The smallest absolute Gasteiger partial charge is 0.243 e. The number of hydrogen-bond acceptors (Lipinski definition) is 20. The number of phenolic OH excluding ortho intramolecular Hbond substituents is 2. The van der Waals surface area contributed by atoms with Crippen molar-refractivity contribution in [3.63, 3.8) is 0 Å². The third-order valence-corrected chi connectivity index (χ3v) is 16.3. The third-order valence-electron chi connectivity index (χ3n) is 16.3. The number of methoxy groups -OCH3 is 1. The molecule has 3 fully saturated rings. The zero-order chi connectivity index (χ0) is 63.2. The van der Waals surface area contributed by atoms with E-state index in [1.165, 1.54) is 37.1 Å². The van der Waals surface area contributed by atoms with Crippen molar-refractivity contribution in [1.82, 2.24) is 42.1 Å². The second-order valence-corrected chi connectivity index (χ2v) is 24.3. The summed E-state index contributed by atoms with van der Waals surface area (Å²) < 4.78 is 17.7. The fraction of sp³-hybridized carbons (Fsp3) is 0.627. The number of phenols is 2. The summed E-state index contributed by atoms with van der Waals surface area (Å²) in [5.41, 5.74) is -4.55. The molecule has 0 bridgehead atoms. The van der Waals surface area contributed by atoms with Gasteiger partial charge in [0, 0.05) is 49.0 Å². The van der Waals surface area contributed by atoms with Gasteiger partial charge in [0.25, 0.3) is 0 Å². The number of likely N-dealkylation sites (tertiary alicyclic amines) is 1. The topological polar surface area (TPSA) is 407 Å². The molecule has 3 saturated heterocycles. The van der Waals surface area contributed by atoms with Crippen LogP contribution in [-0.2, 0) is 54.3 Å². The number of hydrogen-bond donors (Lipinski definition) is 13. The molecule has 12 atom stereocenters. The highest BCUT2D eigenvalue weighted by atomic mass is 16.7. The monoisotopic (exact) mass is 1210 g/mol. The van der Waals surface area contributed by atoms with E-state index < -0.39 is 180 Å². The van der Waals surface area contributed by atoms with Crippen LogP contribution >= 0.6 is 0 Å². The maximum Gasteiger partial charge on any atom is 0.243 e. The Bertz CT molecular complexity index is 2950. The van der Waals surface area contributed by atoms with E-state index in [1.807, 2.05) is 13.8 Å². The first-order valence-corrected chi connectivity index (χ1v) is 29.3. The predicted octanol–water partition coefficient (Wildman–Crippen LogP) is -1.30. The van der Waals surface area contributed by atoms with Crippen LogP contribution in [0.25, 0.3) is 0 Å². The first-order valence-electron chi connectivity index (χ1n) is 29.3. The molecule has 0 aromatic heterocycles. The SMILES string of the molecule is COc1cccc2c1C(=O)c1c(O)c3c(c(O)c1C2=O)C[C@@](O)(C(=O)CO)C[C@@H]3O[C@H]1C[C@H](NC(=O)[C@H](CC(C)C)NC(=O)[C@H](CC(C)C)NC(=O)CNC(=O)[C@H](CC(C)C)NC(=O)[C@@H]2CCCN2C(=O)CNC(=O)[C@@H]2C[C@@H](O)CN2)[C@H](O)[C@H](C)O1. The van der Waals surface area contributed by atoms with E-state index in [0.717, 1.165) is 0 Å². The minimum Gasteiger partial charge on any atom is -0.507 e. The molecule has 27 nitrogen and oxygen atoms in total. The van der Waals surface area contributed by atoms with Gasteiger partial charge in [-0.2, -0.15) is 0 Å². The number of fused-ring (bicyclic) bond motifs is 3. The van der Waals surface area contributed by atoms with Crippen LogP contribution in [0.4, 0.5) is 0 Å². The summed E-state index contributed by atoms with van der Waals surface area (Å²) in [4.78, 5) is 138. The highest BCUT2D eigenvalue weighted by molar-refractivity contribution is 6.31. The molecule has 0 spiro atoms. The molecule has 3 heterocycles. The van der Waals surface area contributed by atoms with E-state index in [-0.39, 0.29) is 97.5 Å². The molecule has 2 aromatic carbocycles.